The van der Waals surface area contributed by atoms with E-state index in [2.05, 4.69) is 59.8 Å². The Morgan fingerprint density at radius 3 is 2.48 bits per heavy atom. The van der Waals surface area contributed by atoms with Crippen molar-refractivity contribution in [3.05, 3.63) is 70.5 Å². The molecule has 2 heterocycles. The van der Waals surface area contributed by atoms with Gasteiger partial charge in [-0.1, -0.05) is 17.7 Å². The molecule has 2 unspecified atom stereocenters. The van der Waals surface area contributed by atoms with Gasteiger partial charge in [-0.3, -0.25) is 9.69 Å². The van der Waals surface area contributed by atoms with Crippen LogP contribution < -0.4 is 15.2 Å². The number of hydrogen-bond donors (Lipinski definition) is 2. The molecule has 0 amide bonds. The molecule has 3 aromatic rings. The molecule has 0 spiro atoms. The Morgan fingerprint density at radius 1 is 1.06 bits per heavy atom. The van der Waals surface area contributed by atoms with Crippen molar-refractivity contribution in [2.24, 2.45) is 0 Å². The summed E-state index contributed by atoms with van der Waals surface area (Å²) in [6.07, 6.45) is -0.581. The lowest BCUT2D eigenvalue weighted by molar-refractivity contribution is 0.0318. The molecule has 0 aliphatic carbocycles. The van der Waals surface area contributed by atoms with Gasteiger partial charge in [-0.2, -0.15) is 0 Å². The number of hydrogen-bond acceptors (Lipinski definition) is 5. The fourth-order valence-corrected chi connectivity index (χ4v) is 4.39. The number of H-pyrrole nitrogens is 1. The predicted molar refractivity (Wildman–Crippen MR) is 125 cm³/mol. The second-order valence-corrected chi connectivity index (χ2v) is 8.67. The number of benzene rings is 2. The Labute approximate surface area is 183 Å². The number of aromatic nitrogens is 1. The van der Waals surface area contributed by atoms with Gasteiger partial charge in [0.1, 0.15) is 18.5 Å². The topological polar surface area (TPSA) is 68.8 Å². The molecule has 1 saturated heterocycles. The lowest BCUT2D eigenvalue weighted by Gasteiger charge is -2.46. The minimum atomic E-state index is -0.581. The maximum Gasteiger partial charge on any atom is 0.248 e. The zero-order chi connectivity index (χ0) is 22.0. The first-order valence-corrected chi connectivity index (χ1v) is 10.9. The number of aromatic amines is 1. The van der Waals surface area contributed by atoms with Crippen LogP contribution in [-0.4, -0.2) is 59.4 Å². The zero-order valence-electron chi connectivity index (χ0n) is 18.4. The molecule has 0 saturated carbocycles. The largest absolute Gasteiger partial charge is 0.491 e. The Bertz CT molecular complexity index is 1070. The van der Waals surface area contributed by atoms with Gasteiger partial charge in [-0.25, -0.2) is 0 Å². The number of β-amino-alcohol motifs (C(OH)–C–C–N with tert-alkyl or cyclic N) is 1. The highest BCUT2D eigenvalue weighted by Crippen LogP contribution is 2.23. The molecule has 2 aromatic carbocycles. The Hall–Kier alpha value is -2.83. The van der Waals surface area contributed by atoms with Crippen molar-refractivity contribution in [1.82, 2.24) is 9.88 Å². The number of aryl methyl sites for hydroxylation is 1. The minimum absolute atomic E-state index is 0.123. The highest BCUT2D eigenvalue weighted by atomic mass is 16.5. The second kappa shape index (κ2) is 9.12. The van der Waals surface area contributed by atoms with Crippen LogP contribution in [0.2, 0.25) is 0 Å². The summed E-state index contributed by atoms with van der Waals surface area (Å²) in [6, 6.07) is 18.1. The first kappa shape index (κ1) is 21.4. The SMILES string of the molecule is Cc1ccc(N2CC(C)N(C[C@H](O)COc3ccc4[nH]c(=O)ccc4c3)C(C)C2)cc1. The molecule has 1 fully saturated rings. The van der Waals surface area contributed by atoms with Gasteiger partial charge in [0.2, 0.25) is 5.56 Å². The quantitative estimate of drug-likeness (QED) is 0.640. The molecule has 0 radical (unpaired) electrons. The van der Waals surface area contributed by atoms with Crippen LogP contribution in [0.4, 0.5) is 5.69 Å². The fourth-order valence-electron chi connectivity index (χ4n) is 4.39. The first-order chi connectivity index (χ1) is 14.9. The third kappa shape index (κ3) is 5.09. The number of aliphatic hydroxyl groups excluding tert-OH is 1. The lowest BCUT2D eigenvalue weighted by Crippen LogP contribution is -2.58. The molecule has 3 atom stereocenters. The molecular weight excluding hydrogens is 390 g/mol. The summed E-state index contributed by atoms with van der Waals surface area (Å²) in [5, 5.41) is 11.5. The van der Waals surface area contributed by atoms with Crippen molar-refractivity contribution >= 4 is 16.6 Å². The fraction of sp³-hybridized carbons (Fsp3) is 0.400. The summed E-state index contributed by atoms with van der Waals surface area (Å²) >= 11 is 0. The maximum absolute atomic E-state index is 11.4. The van der Waals surface area contributed by atoms with E-state index in [1.165, 1.54) is 17.3 Å². The molecule has 31 heavy (non-hydrogen) atoms. The first-order valence-electron chi connectivity index (χ1n) is 10.9. The predicted octanol–water partition coefficient (Wildman–Crippen LogP) is 3.18. The number of pyridine rings is 1. The van der Waals surface area contributed by atoms with E-state index in [-0.39, 0.29) is 12.2 Å². The molecular formula is C25H31N3O3. The lowest BCUT2D eigenvalue weighted by atomic mass is 10.1. The highest BCUT2D eigenvalue weighted by Gasteiger charge is 2.30. The molecule has 164 valence electrons. The smallest absolute Gasteiger partial charge is 0.248 e. The number of piperazine rings is 1. The average molecular weight is 422 g/mol. The molecule has 2 N–H and O–H groups in total. The highest BCUT2D eigenvalue weighted by molar-refractivity contribution is 5.79. The van der Waals surface area contributed by atoms with E-state index in [0.717, 1.165) is 24.0 Å². The van der Waals surface area contributed by atoms with E-state index in [1.807, 2.05) is 18.2 Å². The molecule has 0 bridgehead atoms. The van der Waals surface area contributed by atoms with E-state index < -0.39 is 6.10 Å². The molecule has 4 rings (SSSR count). The Morgan fingerprint density at radius 2 is 1.77 bits per heavy atom. The standard InChI is InChI=1S/C25H31N3O3/c1-17-4-7-21(8-5-17)27-13-18(2)28(19(3)14-27)15-22(29)16-31-23-9-10-24-20(12-23)6-11-25(30)26-24/h4-12,18-19,22,29H,13-16H2,1-3H3,(H,26,30)/t18?,19?,22-/m0/s1. The average Bonchev–Trinajstić information content (AvgIpc) is 2.75. The van der Waals surface area contributed by atoms with Gasteiger partial charge in [0, 0.05) is 54.4 Å². The van der Waals surface area contributed by atoms with Crippen molar-refractivity contribution in [3.63, 3.8) is 0 Å². The van der Waals surface area contributed by atoms with Crippen LogP contribution in [0.5, 0.6) is 5.75 Å². The van der Waals surface area contributed by atoms with E-state index in [4.69, 9.17) is 4.74 Å². The zero-order valence-corrected chi connectivity index (χ0v) is 18.4. The van der Waals surface area contributed by atoms with Crippen LogP contribution in [0.15, 0.2) is 59.4 Å². The van der Waals surface area contributed by atoms with Gasteiger partial charge in [0.25, 0.3) is 0 Å². The minimum Gasteiger partial charge on any atom is -0.491 e. The van der Waals surface area contributed by atoms with Crippen LogP contribution >= 0.6 is 0 Å². The van der Waals surface area contributed by atoms with Gasteiger partial charge in [-0.15, -0.1) is 0 Å². The second-order valence-electron chi connectivity index (χ2n) is 8.67. The van der Waals surface area contributed by atoms with E-state index in [9.17, 15) is 9.90 Å². The van der Waals surface area contributed by atoms with Crippen LogP contribution in [0, 0.1) is 6.92 Å². The molecule has 1 aliphatic heterocycles. The normalized spacial score (nSPS) is 20.7. The third-order valence-corrected chi connectivity index (χ3v) is 6.06. The molecule has 1 aromatic heterocycles. The van der Waals surface area contributed by atoms with Gasteiger partial charge in [0.15, 0.2) is 0 Å². The summed E-state index contributed by atoms with van der Waals surface area (Å²) in [7, 11) is 0. The van der Waals surface area contributed by atoms with E-state index in [1.54, 1.807) is 6.07 Å². The number of anilines is 1. The number of nitrogens with zero attached hydrogens (tertiary/aromatic N) is 2. The number of nitrogens with one attached hydrogen (secondary N) is 1. The van der Waals surface area contributed by atoms with Crippen molar-refractivity contribution in [2.45, 2.75) is 39.0 Å². The van der Waals surface area contributed by atoms with Crippen molar-refractivity contribution in [3.8, 4) is 5.75 Å². The summed E-state index contributed by atoms with van der Waals surface area (Å²) in [6.45, 7) is 9.21. The summed E-state index contributed by atoms with van der Waals surface area (Å²) in [5.41, 5.74) is 3.17. The Balaban J connectivity index is 1.33. The maximum atomic E-state index is 11.4. The third-order valence-electron chi connectivity index (χ3n) is 6.06. The summed E-state index contributed by atoms with van der Waals surface area (Å²) in [5.74, 6) is 0.684. The monoisotopic (exact) mass is 421 g/mol. The number of ether oxygens (including phenoxy) is 1. The van der Waals surface area contributed by atoms with Gasteiger partial charge in [-0.05, 0) is 57.2 Å². The van der Waals surface area contributed by atoms with Gasteiger partial charge < -0.3 is 19.7 Å². The van der Waals surface area contributed by atoms with Gasteiger partial charge in [0.05, 0.1) is 0 Å². The summed E-state index contributed by atoms with van der Waals surface area (Å²) < 4.78 is 5.84. The van der Waals surface area contributed by atoms with E-state index in [0.29, 0.717) is 24.4 Å². The number of aliphatic hydroxyl groups is 1. The Kier molecular flexibility index (Phi) is 6.30. The van der Waals surface area contributed by atoms with Crippen LogP contribution in [0.1, 0.15) is 19.4 Å². The molecule has 6 heteroatoms. The number of rotatable bonds is 6. The van der Waals surface area contributed by atoms with Crippen LogP contribution in [0.3, 0.4) is 0 Å². The van der Waals surface area contributed by atoms with Crippen molar-refractivity contribution < 1.29 is 9.84 Å². The van der Waals surface area contributed by atoms with Crippen LogP contribution in [0.25, 0.3) is 10.9 Å². The van der Waals surface area contributed by atoms with Gasteiger partial charge >= 0.3 is 0 Å². The van der Waals surface area contributed by atoms with Crippen LogP contribution in [-0.2, 0) is 0 Å². The number of fused-ring (bicyclic) bond motifs is 1. The van der Waals surface area contributed by atoms with Crippen molar-refractivity contribution in [2.75, 3.05) is 31.1 Å². The molecule has 6 nitrogen and oxygen atoms in total. The van der Waals surface area contributed by atoms with E-state index >= 15 is 0 Å². The molecule has 1 aliphatic rings. The summed E-state index contributed by atoms with van der Waals surface area (Å²) in [4.78, 5) is 19.0. The van der Waals surface area contributed by atoms with Crippen molar-refractivity contribution in [1.29, 1.82) is 0 Å².